The number of aliphatic imine (C=N–C) groups is 1. The van der Waals surface area contributed by atoms with Gasteiger partial charge < -0.3 is 19.9 Å². The molecule has 28 heavy (non-hydrogen) atoms. The second-order valence-electron chi connectivity index (χ2n) is 5.74. The van der Waals surface area contributed by atoms with Gasteiger partial charge >= 0.3 is 0 Å². The molecule has 0 bridgehead atoms. The maximum atomic E-state index is 12.3. The van der Waals surface area contributed by atoms with Gasteiger partial charge in [0, 0.05) is 0 Å². The number of carbonyl (C=O) groups excluding carboxylic acids is 1. The van der Waals surface area contributed by atoms with Crippen molar-refractivity contribution in [2.75, 3.05) is 14.2 Å². The quantitative estimate of drug-likeness (QED) is 0.630. The number of nitrogens with zero attached hydrogens (tertiary/aromatic N) is 2. The van der Waals surface area contributed by atoms with Gasteiger partial charge in [-0.2, -0.15) is 4.99 Å². The molecule has 2 aromatic carbocycles. The number of carbonyl (C=O) groups is 1. The van der Waals surface area contributed by atoms with Crippen LogP contribution >= 0.6 is 23.1 Å². The lowest BCUT2D eigenvalue weighted by molar-refractivity contribution is -0.115. The fraction of sp³-hybridized carbons (Fsp3) is 0.105. The number of hydrogen-bond acceptors (Lipinski definition) is 8. The van der Waals surface area contributed by atoms with Crippen molar-refractivity contribution in [3.8, 4) is 17.2 Å². The van der Waals surface area contributed by atoms with Crippen molar-refractivity contribution >= 4 is 55.6 Å². The standard InChI is InChI=1S/C19H15N3O4S2/c1-25-11-4-5-12-15(9-11)27-18(20-12)22-19-21-17(24)16(28-19)8-10-3-6-13(23)14(7-10)26-2/h3-9,23H,1-2H3,(H,20,21,22,24). The van der Waals surface area contributed by atoms with Crippen molar-refractivity contribution in [3.05, 3.63) is 46.9 Å². The number of nitrogens with one attached hydrogen (secondary N) is 1. The molecule has 1 saturated heterocycles. The molecule has 0 spiro atoms. The molecule has 1 aliphatic rings. The average molecular weight is 413 g/mol. The zero-order valence-electron chi connectivity index (χ0n) is 14.9. The topological polar surface area (TPSA) is 93.0 Å². The highest BCUT2D eigenvalue weighted by Crippen LogP contribution is 2.34. The number of amides is 1. The van der Waals surface area contributed by atoms with Gasteiger partial charge in [-0.1, -0.05) is 17.4 Å². The summed E-state index contributed by atoms with van der Waals surface area (Å²) in [5, 5.41) is 13.5. The predicted molar refractivity (Wildman–Crippen MR) is 112 cm³/mol. The minimum Gasteiger partial charge on any atom is -0.504 e. The van der Waals surface area contributed by atoms with E-state index < -0.39 is 0 Å². The first-order chi connectivity index (χ1) is 13.6. The highest BCUT2D eigenvalue weighted by Gasteiger charge is 2.24. The Morgan fingerprint density at radius 2 is 2.04 bits per heavy atom. The summed E-state index contributed by atoms with van der Waals surface area (Å²) in [5.41, 5.74) is 1.56. The third-order valence-electron chi connectivity index (χ3n) is 3.93. The zero-order chi connectivity index (χ0) is 19.7. The highest BCUT2D eigenvalue weighted by atomic mass is 32.2. The normalized spacial score (nSPS) is 16.7. The van der Waals surface area contributed by atoms with E-state index in [-0.39, 0.29) is 11.7 Å². The van der Waals surface area contributed by atoms with Gasteiger partial charge in [0.2, 0.25) is 5.13 Å². The zero-order valence-corrected chi connectivity index (χ0v) is 16.6. The molecular formula is C19H15N3O4S2. The van der Waals surface area contributed by atoms with E-state index in [1.165, 1.54) is 36.3 Å². The second kappa shape index (κ2) is 7.53. The SMILES string of the molecule is COc1ccc2nc(/N=C3/NC(=O)C(=Cc4ccc(O)c(OC)c4)S3)sc2c1. The minimum absolute atomic E-state index is 0.0443. The van der Waals surface area contributed by atoms with Gasteiger partial charge in [-0.25, -0.2) is 4.98 Å². The molecule has 0 atom stereocenters. The molecular weight excluding hydrogens is 398 g/mol. The first-order valence-electron chi connectivity index (χ1n) is 8.17. The van der Waals surface area contributed by atoms with Gasteiger partial charge in [0.25, 0.3) is 5.91 Å². The molecule has 1 amide bonds. The third kappa shape index (κ3) is 3.67. The molecule has 0 unspecified atom stereocenters. The van der Waals surface area contributed by atoms with Crippen LogP contribution in [-0.4, -0.2) is 35.4 Å². The van der Waals surface area contributed by atoms with Crippen LogP contribution in [0.1, 0.15) is 5.56 Å². The van der Waals surface area contributed by atoms with Crippen molar-refractivity contribution in [2.45, 2.75) is 0 Å². The van der Waals surface area contributed by atoms with E-state index in [4.69, 9.17) is 9.47 Å². The predicted octanol–water partition coefficient (Wildman–Crippen LogP) is 3.91. The van der Waals surface area contributed by atoms with Crippen molar-refractivity contribution in [1.29, 1.82) is 0 Å². The Morgan fingerprint density at radius 3 is 2.82 bits per heavy atom. The summed E-state index contributed by atoms with van der Waals surface area (Å²) in [6, 6.07) is 10.5. The number of rotatable bonds is 4. The largest absolute Gasteiger partial charge is 0.504 e. The molecule has 1 aromatic heterocycles. The summed E-state index contributed by atoms with van der Waals surface area (Å²) < 4.78 is 11.3. The van der Waals surface area contributed by atoms with Crippen LogP contribution in [0.2, 0.25) is 0 Å². The molecule has 4 rings (SSSR count). The number of amidine groups is 1. The minimum atomic E-state index is -0.237. The number of methoxy groups -OCH3 is 2. The Labute approximate surface area is 168 Å². The van der Waals surface area contributed by atoms with Crippen molar-refractivity contribution < 1.29 is 19.4 Å². The maximum absolute atomic E-state index is 12.3. The fourth-order valence-corrected chi connectivity index (χ4v) is 4.32. The Kier molecular flexibility index (Phi) is 4.93. The number of aromatic hydroxyl groups is 1. The van der Waals surface area contributed by atoms with Crippen LogP contribution in [0.5, 0.6) is 17.2 Å². The average Bonchev–Trinajstić information content (AvgIpc) is 3.24. The van der Waals surface area contributed by atoms with Crippen LogP contribution in [-0.2, 0) is 4.79 Å². The summed E-state index contributed by atoms with van der Waals surface area (Å²) >= 11 is 2.65. The van der Waals surface area contributed by atoms with Crippen LogP contribution < -0.4 is 14.8 Å². The van der Waals surface area contributed by atoms with E-state index in [9.17, 15) is 9.90 Å². The summed E-state index contributed by atoms with van der Waals surface area (Å²) in [5.74, 6) is 0.909. The van der Waals surface area contributed by atoms with E-state index >= 15 is 0 Å². The van der Waals surface area contributed by atoms with E-state index in [2.05, 4.69) is 15.3 Å². The number of hydrogen-bond donors (Lipinski definition) is 2. The van der Waals surface area contributed by atoms with Crippen LogP contribution in [0.15, 0.2) is 46.3 Å². The van der Waals surface area contributed by atoms with Crippen LogP contribution in [0, 0.1) is 0 Å². The number of phenols is 1. The molecule has 0 saturated carbocycles. The molecule has 1 fully saturated rings. The van der Waals surface area contributed by atoms with Crippen molar-refractivity contribution in [2.24, 2.45) is 4.99 Å². The van der Waals surface area contributed by atoms with E-state index in [1.54, 1.807) is 25.3 Å². The molecule has 0 radical (unpaired) electrons. The van der Waals surface area contributed by atoms with Crippen molar-refractivity contribution in [1.82, 2.24) is 10.3 Å². The lowest BCUT2D eigenvalue weighted by atomic mass is 10.2. The van der Waals surface area contributed by atoms with Crippen molar-refractivity contribution in [3.63, 3.8) is 0 Å². The molecule has 142 valence electrons. The number of aromatic nitrogens is 1. The molecule has 3 aromatic rings. The number of thiazole rings is 1. The summed E-state index contributed by atoms with van der Waals surface area (Å²) in [6.07, 6.45) is 1.72. The highest BCUT2D eigenvalue weighted by molar-refractivity contribution is 8.18. The van der Waals surface area contributed by atoms with Gasteiger partial charge in [-0.3, -0.25) is 4.79 Å². The first-order valence-corrected chi connectivity index (χ1v) is 9.80. The molecule has 2 heterocycles. The number of phenolic OH excluding ortho intramolecular Hbond substituents is 1. The van der Waals surface area contributed by atoms with Gasteiger partial charge in [-0.15, -0.1) is 0 Å². The van der Waals surface area contributed by atoms with Crippen LogP contribution in [0.4, 0.5) is 5.13 Å². The molecule has 0 aliphatic carbocycles. The summed E-state index contributed by atoms with van der Waals surface area (Å²) in [6.45, 7) is 0. The molecule has 7 nitrogen and oxygen atoms in total. The van der Waals surface area contributed by atoms with Gasteiger partial charge in [0.1, 0.15) is 5.75 Å². The fourth-order valence-electron chi connectivity index (χ4n) is 2.57. The lowest BCUT2D eigenvalue weighted by Crippen LogP contribution is -2.19. The molecule has 1 aliphatic heterocycles. The lowest BCUT2D eigenvalue weighted by Gasteiger charge is -2.03. The first kappa shape index (κ1) is 18.3. The molecule has 2 N–H and O–H groups in total. The van der Waals surface area contributed by atoms with Crippen LogP contribution in [0.25, 0.3) is 16.3 Å². The number of benzene rings is 2. The van der Waals surface area contributed by atoms with Gasteiger partial charge in [0.05, 0.1) is 29.3 Å². The van der Waals surface area contributed by atoms with E-state index in [0.29, 0.717) is 21.0 Å². The maximum Gasteiger partial charge on any atom is 0.264 e. The Bertz CT molecular complexity index is 1140. The Morgan fingerprint density at radius 1 is 1.18 bits per heavy atom. The number of fused-ring (bicyclic) bond motifs is 1. The number of thioether (sulfide) groups is 1. The Hall–Kier alpha value is -3.04. The summed E-state index contributed by atoms with van der Waals surface area (Å²) in [4.78, 5) is 21.7. The Balaban J connectivity index is 1.59. The van der Waals surface area contributed by atoms with E-state index in [1.807, 2.05) is 18.2 Å². The second-order valence-corrected chi connectivity index (χ2v) is 7.78. The summed E-state index contributed by atoms with van der Waals surface area (Å²) in [7, 11) is 3.09. The van der Waals surface area contributed by atoms with E-state index in [0.717, 1.165) is 21.5 Å². The van der Waals surface area contributed by atoms with Crippen LogP contribution in [0.3, 0.4) is 0 Å². The van der Waals surface area contributed by atoms with Gasteiger partial charge in [-0.05, 0) is 53.7 Å². The monoisotopic (exact) mass is 413 g/mol. The smallest absolute Gasteiger partial charge is 0.264 e. The third-order valence-corrected chi connectivity index (χ3v) is 5.76. The van der Waals surface area contributed by atoms with Gasteiger partial charge in [0.15, 0.2) is 16.7 Å². The molecule has 9 heteroatoms. The number of ether oxygens (including phenoxy) is 2.